The largest absolute Gasteiger partial charge is 0.457 e. The van der Waals surface area contributed by atoms with E-state index in [-0.39, 0.29) is 17.1 Å². The van der Waals surface area contributed by atoms with Crippen molar-refractivity contribution in [2.45, 2.75) is 44.6 Å². The van der Waals surface area contributed by atoms with E-state index in [9.17, 15) is 8.78 Å². The highest BCUT2D eigenvalue weighted by Gasteiger charge is 2.23. The molecule has 0 aliphatic heterocycles. The fourth-order valence-corrected chi connectivity index (χ4v) is 3.50. The lowest BCUT2D eigenvalue weighted by Gasteiger charge is -2.27. The van der Waals surface area contributed by atoms with Gasteiger partial charge in [0, 0.05) is 5.92 Å². The quantitative estimate of drug-likeness (QED) is 0.333. The second-order valence-electron chi connectivity index (χ2n) is 8.03. The molecule has 1 atom stereocenters. The van der Waals surface area contributed by atoms with Crippen LogP contribution >= 0.6 is 0 Å². The minimum atomic E-state index is -2.82. The average Bonchev–Trinajstić information content (AvgIpc) is 2.75. The van der Waals surface area contributed by atoms with Gasteiger partial charge in [0.1, 0.15) is 17.2 Å². The minimum Gasteiger partial charge on any atom is -0.457 e. The molecule has 0 N–H and O–H groups in total. The van der Waals surface area contributed by atoms with E-state index in [0.29, 0.717) is 0 Å². The highest BCUT2D eigenvalue weighted by Crippen LogP contribution is 2.34. The van der Waals surface area contributed by atoms with Gasteiger partial charge in [-0.25, -0.2) is 0 Å². The molecule has 0 heterocycles. The van der Waals surface area contributed by atoms with E-state index in [1.807, 2.05) is 66.7 Å². The topological polar surface area (TPSA) is 18.5 Å². The summed E-state index contributed by atoms with van der Waals surface area (Å²) < 4.78 is 35.1. The molecule has 0 fully saturated rings. The van der Waals surface area contributed by atoms with Gasteiger partial charge in [-0.3, -0.25) is 0 Å². The lowest BCUT2D eigenvalue weighted by atomic mass is 9.78. The maximum atomic E-state index is 12.4. The van der Waals surface area contributed by atoms with Crippen molar-refractivity contribution < 1.29 is 18.3 Å². The second-order valence-corrected chi connectivity index (χ2v) is 8.03. The van der Waals surface area contributed by atoms with E-state index in [1.54, 1.807) is 12.1 Å². The van der Waals surface area contributed by atoms with Crippen LogP contribution in [0.2, 0.25) is 0 Å². The van der Waals surface area contributed by atoms with Crippen LogP contribution in [0.1, 0.15) is 43.7 Å². The summed E-state index contributed by atoms with van der Waals surface area (Å²) in [4.78, 5) is 0. The maximum Gasteiger partial charge on any atom is 0.387 e. The van der Waals surface area contributed by atoms with E-state index in [4.69, 9.17) is 11.2 Å². The highest BCUT2D eigenvalue weighted by atomic mass is 19.3. The van der Waals surface area contributed by atoms with Crippen molar-refractivity contribution in [1.82, 2.24) is 0 Å². The van der Waals surface area contributed by atoms with Crippen molar-refractivity contribution in [2.24, 2.45) is 0 Å². The van der Waals surface area contributed by atoms with Crippen LogP contribution < -0.4 is 9.47 Å². The Hall–Kier alpha value is -3.32. The van der Waals surface area contributed by atoms with Crippen LogP contribution in [0.4, 0.5) is 8.78 Å². The van der Waals surface area contributed by atoms with Crippen LogP contribution in [0.25, 0.3) is 0 Å². The van der Waals surface area contributed by atoms with Gasteiger partial charge in [0.05, 0.1) is 0 Å². The normalized spacial score (nSPS) is 12.3. The number of hydrogen-bond acceptors (Lipinski definition) is 2. The molecule has 4 heteroatoms. The Kier molecular flexibility index (Phi) is 7.31. The lowest BCUT2D eigenvalue weighted by Crippen LogP contribution is -2.18. The molecule has 0 radical (unpaired) electrons. The van der Waals surface area contributed by atoms with E-state index < -0.39 is 6.61 Å². The number of hydrogen-bond donors (Lipinski definition) is 0. The van der Waals surface area contributed by atoms with Crippen LogP contribution in [0, 0.1) is 12.3 Å². The van der Waals surface area contributed by atoms with Crippen LogP contribution in [0.3, 0.4) is 0 Å². The second kappa shape index (κ2) is 10.1. The predicted molar refractivity (Wildman–Crippen MR) is 120 cm³/mol. The molecular weight excluding hydrogens is 394 g/mol. The van der Waals surface area contributed by atoms with Crippen molar-refractivity contribution in [2.75, 3.05) is 0 Å². The third kappa shape index (κ3) is 6.33. The standard InChI is InChI=1S/C27H26F2O2/c1-4-20(21-9-8-12-25(19-21)30-23-10-6-5-7-11-23)17-18-27(2,3)22-13-15-24(16-14-22)31-26(28)29/h1,5-16,19-20,26H,17-18H2,2-3H3. The molecule has 3 aromatic rings. The number of benzene rings is 3. The number of rotatable bonds is 9. The van der Waals surface area contributed by atoms with Crippen LogP contribution in [-0.4, -0.2) is 6.61 Å². The Morgan fingerprint density at radius 3 is 2.19 bits per heavy atom. The van der Waals surface area contributed by atoms with Gasteiger partial charge in [0.15, 0.2) is 0 Å². The number of ether oxygens (including phenoxy) is 2. The van der Waals surface area contributed by atoms with Gasteiger partial charge in [0.2, 0.25) is 0 Å². The number of alkyl halides is 2. The van der Waals surface area contributed by atoms with Crippen LogP contribution in [0.15, 0.2) is 78.9 Å². The first-order valence-corrected chi connectivity index (χ1v) is 10.2. The first kappa shape index (κ1) is 22.4. The van der Waals surface area contributed by atoms with Crippen molar-refractivity contribution >= 4 is 0 Å². The van der Waals surface area contributed by atoms with Crippen molar-refractivity contribution in [3.63, 3.8) is 0 Å². The smallest absolute Gasteiger partial charge is 0.387 e. The summed E-state index contributed by atoms with van der Waals surface area (Å²) in [5.41, 5.74) is 1.91. The third-order valence-electron chi connectivity index (χ3n) is 5.36. The Balaban J connectivity index is 1.67. The molecule has 1 unspecified atom stereocenters. The Morgan fingerprint density at radius 1 is 0.871 bits per heavy atom. The van der Waals surface area contributed by atoms with E-state index in [0.717, 1.165) is 35.5 Å². The number of para-hydroxylation sites is 1. The highest BCUT2D eigenvalue weighted by molar-refractivity contribution is 5.38. The summed E-state index contributed by atoms with van der Waals surface area (Å²) >= 11 is 0. The molecule has 0 amide bonds. The van der Waals surface area contributed by atoms with Gasteiger partial charge in [-0.2, -0.15) is 8.78 Å². The minimum absolute atomic E-state index is 0.0555. The zero-order valence-corrected chi connectivity index (χ0v) is 17.7. The van der Waals surface area contributed by atoms with E-state index >= 15 is 0 Å². The predicted octanol–water partition coefficient (Wildman–Crippen LogP) is 7.56. The zero-order valence-electron chi connectivity index (χ0n) is 17.7. The first-order valence-electron chi connectivity index (χ1n) is 10.2. The molecule has 3 rings (SSSR count). The van der Waals surface area contributed by atoms with Crippen molar-refractivity contribution in [3.05, 3.63) is 90.0 Å². The molecule has 0 spiro atoms. The van der Waals surface area contributed by atoms with Crippen molar-refractivity contribution in [1.29, 1.82) is 0 Å². The summed E-state index contributed by atoms with van der Waals surface area (Å²) in [6.45, 7) is 1.42. The molecule has 0 bridgehead atoms. The van der Waals surface area contributed by atoms with E-state index in [1.165, 1.54) is 0 Å². The SMILES string of the molecule is C#CC(CCC(C)(C)c1ccc(OC(F)F)cc1)c1cccc(Oc2ccccc2)c1. The maximum absolute atomic E-state index is 12.4. The Bertz CT molecular complexity index is 1010. The molecule has 160 valence electrons. The van der Waals surface area contributed by atoms with Gasteiger partial charge >= 0.3 is 6.61 Å². The summed E-state index contributed by atoms with van der Waals surface area (Å²) in [6.07, 6.45) is 7.48. The van der Waals surface area contributed by atoms with Gasteiger partial charge in [-0.1, -0.05) is 62.2 Å². The molecular formula is C27H26F2O2. The molecule has 3 aromatic carbocycles. The zero-order chi connectivity index (χ0) is 22.3. The number of terminal acetylenes is 1. The van der Waals surface area contributed by atoms with E-state index in [2.05, 4.69) is 24.5 Å². The summed E-state index contributed by atoms with van der Waals surface area (Å²) in [5, 5.41) is 0. The molecule has 2 nitrogen and oxygen atoms in total. The summed E-state index contributed by atoms with van der Waals surface area (Å²) in [7, 11) is 0. The summed E-state index contributed by atoms with van der Waals surface area (Å²) in [6, 6.07) is 24.3. The van der Waals surface area contributed by atoms with Crippen molar-refractivity contribution in [3.8, 4) is 29.6 Å². The fourth-order valence-electron chi connectivity index (χ4n) is 3.50. The molecule has 0 saturated carbocycles. The molecule has 0 saturated heterocycles. The average molecular weight is 420 g/mol. The van der Waals surface area contributed by atoms with Gasteiger partial charge in [0.25, 0.3) is 0 Å². The van der Waals surface area contributed by atoms with Gasteiger partial charge < -0.3 is 9.47 Å². The summed E-state index contributed by atoms with van der Waals surface area (Å²) in [5.74, 6) is 4.53. The lowest BCUT2D eigenvalue weighted by molar-refractivity contribution is -0.0498. The third-order valence-corrected chi connectivity index (χ3v) is 5.36. The Labute approximate surface area is 182 Å². The van der Waals surface area contributed by atoms with Gasteiger partial charge in [-0.15, -0.1) is 6.42 Å². The Morgan fingerprint density at radius 2 is 1.55 bits per heavy atom. The molecule has 31 heavy (non-hydrogen) atoms. The van der Waals surface area contributed by atoms with Crippen LogP contribution in [0.5, 0.6) is 17.2 Å². The number of halogens is 2. The first-order chi connectivity index (χ1) is 14.9. The fraction of sp³-hybridized carbons (Fsp3) is 0.259. The molecule has 0 aliphatic rings. The monoisotopic (exact) mass is 420 g/mol. The van der Waals surface area contributed by atoms with Gasteiger partial charge in [-0.05, 0) is 65.8 Å². The molecule has 0 aliphatic carbocycles. The molecule has 0 aromatic heterocycles. The van der Waals surface area contributed by atoms with Crippen LogP contribution in [-0.2, 0) is 5.41 Å².